The van der Waals surface area contributed by atoms with Crippen LogP contribution in [0.3, 0.4) is 0 Å². The van der Waals surface area contributed by atoms with Gasteiger partial charge < -0.3 is 0 Å². The molecule has 1 rings (SSSR count). The number of imide groups is 1. The Kier molecular flexibility index (Phi) is 5.04. The standard InChI is InChI=1S/C13H16N2O4S/c1-9(2)8-12(16)14-13(17)15-20(18,19)11-6-4-10(3)5-7-11/h4-8H,1-3H3,(H2,14,15,16,17). The number of hydrogen-bond donors (Lipinski definition) is 2. The highest BCUT2D eigenvalue weighted by atomic mass is 32.2. The molecule has 0 atom stereocenters. The Bertz CT molecular complexity index is 641. The predicted octanol–water partition coefficient (Wildman–Crippen LogP) is 1.48. The van der Waals surface area contributed by atoms with Gasteiger partial charge in [0.15, 0.2) is 0 Å². The molecule has 0 heterocycles. The number of nitrogens with one attached hydrogen (secondary N) is 2. The van der Waals surface area contributed by atoms with Crippen molar-refractivity contribution in [1.82, 2.24) is 10.0 Å². The van der Waals surface area contributed by atoms with Gasteiger partial charge in [-0.15, -0.1) is 0 Å². The third-order valence-corrected chi connectivity index (χ3v) is 3.56. The van der Waals surface area contributed by atoms with Gasteiger partial charge in [0, 0.05) is 6.08 Å². The summed E-state index contributed by atoms with van der Waals surface area (Å²) in [6.45, 7) is 5.18. The summed E-state index contributed by atoms with van der Waals surface area (Å²) in [6, 6.07) is 4.89. The Morgan fingerprint density at radius 3 is 2.15 bits per heavy atom. The molecule has 0 unspecified atom stereocenters. The molecule has 1 aromatic rings. The van der Waals surface area contributed by atoms with E-state index in [-0.39, 0.29) is 4.90 Å². The van der Waals surface area contributed by atoms with E-state index in [1.165, 1.54) is 18.2 Å². The predicted molar refractivity (Wildman–Crippen MR) is 74.5 cm³/mol. The minimum Gasteiger partial charge on any atom is -0.274 e. The number of allylic oxidation sites excluding steroid dienone is 1. The van der Waals surface area contributed by atoms with Gasteiger partial charge in [0.05, 0.1) is 4.90 Å². The summed E-state index contributed by atoms with van der Waals surface area (Å²) >= 11 is 0. The molecule has 0 aliphatic heterocycles. The second-order valence-electron chi connectivity index (χ2n) is 4.46. The first kappa shape index (κ1) is 15.9. The number of benzene rings is 1. The van der Waals surface area contributed by atoms with E-state index in [2.05, 4.69) is 0 Å². The Morgan fingerprint density at radius 2 is 1.65 bits per heavy atom. The molecule has 1 aromatic carbocycles. The lowest BCUT2D eigenvalue weighted by Gasteiger charge is -2.07. The van der Waals surface area contributed by atoms with E-state index < -0.39 is 22.0 Å². The average molecular weight is 296 g/mol. The highest BCUT2D eigenvalue weighted by molar-refractivity contribution is 7.90. The Hall–Kier alpha value is -2.15. The SMILES string of the molecule is CC(C)=CC(=O)NC(=O)NS(=O)(=O)c1ccc(C)cc1. The number of sulfonamides is 1. The molecule has 0 saturated carbocycles. The van der Waals surface area contributed by atoms with Gasteiger partial charge >= 0.3 is 6.03 Å². The molecule has 0 aliphatic rings. The summed E-state index contributed by atoms with van der Waals surface area (Å²) < 4.78 is 25.5. The first-order chi connectivity index (χ1) is 9.20. The zero-order valence-electron chi connectivity index (χ0n) is 11.4. The van der Waals surface area contributed by atoms with Crippen LogP contribution in [0.1, 0.15) is 19.4 Å². The molecule has 0 aromatic heterocycles. The summed E-state index contributed by atoms with van der Waals surface area (Å²) in [5.41, 5.74) is 1.59. The first-order valence-corrected chi connectivity index (χ1v) is 7.28. The first-order valence-electron chi connectivity index (χ1n) is 5.80. The second kappa shape index (κ2) is 6.33. The van der Waals surface area contributed by atoms with Gasteiger partial charge in [0.2, 0.25) is 0 Å². The topological polar surface area (TPSA) is 92.3 Å². The Balaban J connectivity index is 2.77. The number of urea groups is 1. The third-order valence-electron chi connectivity index (χ3n) is 2.21. The molecule has 0 bridgehead atoms. The van der Waals surface area contributed by atoms with Gasteiger partial charge in [-0.2, -0.15) is 0 Å². The number of hydrogen-bond acceptors (Lipinski definition) is 4. The van der Waals surface area contributed by atoms with Gasteiger partial charge in [-0.05, 0) is 32.9 Å². The van der Waals surface area contributed by atoms with Crippen LogP contribution in [0.5, 0.6) is 0 Å². The summed E-state index contributed by atoms with van der Waals surface area (Å²) in [5.74, 6) is -0.679. The minimum atomic E-state index is -3.99. The zero-order valence-corrected chi connectivity index (χ0v) is 12.2. The average Bonchev–Trinajstić information content (AvgIpc) is 2.26. The number of carbonyl (C=O) groups is 2. The Morgan fingerprint density at radius 1 is 1.10 bits per heavy atom. The van der Waals surface area contributed by atoms with Crippen molar-refractivity contribution < 1.29 is 18.0 Å². The molecule has 7 heteroatoms. The van der Waals surface area contributed by atoms with Gasteiger partial charge in [-0.25, -0.2) is 17.9 Å². The van der Waals surface area contributed by atoms with E-state index in [1.807, 2.05) is 12.2 Å². The van der Waals surface area contributed by atoms with Crippen molar-refractivity contribution in [2.24, 2.45) is 0 Å². The van der Waals surface area contributed by atoms with Crippen molar-refractivity contribution >= 4 is 22.0 Å². The van der Waals surface area contributed by atoms with E-state index >= 15 is 0 Å². The van der Waals surface area contributed by atoms with Crippen LogP contribution in [-0.4, -0.2) is 20.4 Å². The van der Waals surface area contributed by atoms with Crippen LogP contribution >= 0.6 is 0 Å². The minimum absolute atomic E-state index is 0.0482. The number of carbonyl (C=O) groups excluding carboxylic acids is 2. The largest absolute Gasteiger partial charge is 0.335 e. The number of aryl methyl sites for hydroxylation is 1. The zero-order chi connectivity index (χ0) is 15.3. The molecular formula is C13H16N2O4S. The van der Waals surface area contributed by atoms with Gasteiger partial charge in [-0.3, -0.25) is 10.1 Å². The fourth-order valence-corrected chi connectivity index (χ4v) is 2.24. The summed E-state index contributed by atoms with van der Waals surface area (Å²) in [6.07, 6.45) is 1.19. The maximum atomic E-state index is 11.9. The van der Waals surface area contributed by atoms with Crippen LogP contribution in [0.25, 0.3) is 0 Å². The van der Waals surface area contributed by atoms with Crippen molar-refractivity contribution in [1.29, 1.82) is 0 Å². The van der Waals surface area contributed by atoms with Crippen LogP contribution in [0, 0.1) is 6.92 Å². The third kappa shape index (κ3) is 4.85. The lowest BCUT2D eigenvalue weighted by molar-refractivity contribution is -0.115. The molecule has 2 N–H and O–H groups in total. The highest BCUT2D eigenvalue weighted by Crippen LogP contribution is 2.09. The van der Waals surface area contributed by atoms with E-state index in [1.54, 1.807) is 30.7 Å². The fraction of sp³-hybridized carbons (Fsp3) is 0.231. The van der Waals surface area contributed by atoms with Crippen molar-refractivity contribution in [3.63, 3.8) is 0 Å². The van der Waals surface area contributed by atoms with E-state index in [4.69, 9.17) is 0 Å². The smallest absolute Gasteiger partial charge is 0.274 e. The summed E-state index contributed by atoms with van der Waals surface area (Å²) in [4.78, 5) is 22.7. The van der Waals surface area contributed by atoms with Crippen molar-refractivity contribution in [3.05, 3.63) is 41.5 Å². The Labute approximate surface area is 117 Å². The summed E-state index contributed by atoms with van der Waals surface area (Å²) in [5, 5.41) is 1.90. The van der Waals surface area contributed by atoms with Crippen LogP contribution in [-0.2, 0) is 14.8 Å². The van der Waals surface area contributed by atoms with E-state index in [9.17, 15) is 18.0 Å². The monoisotopic (exact) mass is 296 g/mol. The van der Waals surface area contributed by atoms with Crippen LogP contribution in [0.2, 0.25) is 0 Å². The molecule has 0 aliphatic carbocycles. The molecule has 0 saturated heterocycles. The maximum Gasteiger partial charge on any atom is 0.335 e. The van der Waals surface area contributed by atoms with Gasteiger partial charge in [0.1, 0.15) is 0 Å². The van der Waals surface area contributed by atoms with Gasteiger partial charge in [0.25, 0.3) is 15.9 Å². The van der Waals surface area contributed by atoms with Gasteiger partial charge in [-0.1, -0.05) is 23.3 Å². The number of rotatable bonds is 3. The highest BCUT2D eigenvalue weighted by Gasteiger charge is 2.18. The lowest BCUT2D eigenvalue weighted by atomic mass is 10.2. The molecule has 0 radical (unpaired) electrons. The van der Waals surface area contributed by atoms with E-state index in [0.29, 0.717) is 5.57 Å². The van der Waals surface area contributed by atoms with Crippen LogP contribution < -0.4 is 10.0 Å². The molecular weight excluding hydrogens is 280 g/mol. The summed E-state index contributed by atoms with van der Waals surface area (Å²) in [7, 11) is -3.99. The molecule has 6 nitrogen and oxygen atoms in total. The van der Waals surface area contributed by atoms with Crippen molar-refractivity contribution in [3.8, 4) is 0 Å². The normalized spacial score (nSPS) is 10.6. The molecule has 3 amide bonds. The molecule has 108 valence electrons. The number of amides is 3. The molecule has 0 fully saturated rings. The quantitative estimate of drug-likeness (QED) is 0.826. The van der Waals surface area contributed by atoms with Crippen LogP contribution in [0.4, 0.5) is 4.79 Å². The maximum absolute atomic E-state index is 11.9. The lowest BCUT2D eigenvalue weighted by Crippen LogP contribution is -2.41. The molecule has 0 spiro atoms. The fourth-order valence-electron chi connectivity index (χ4n) is 1.33. The second-order valence-corrected chi connectivity index (χ2v) is 6.14. The van der Waals surface area contributed by atoms with Crippen molar-refractivity contribution in [2.75, 3.05) is 0 Å². The van der Waals surface area contributed by atoms with Crippen LogP contribution in [0.15, 0.2) is 40.8 Å². The van der Waals surface area contributed by atoms with E-state index in [0.717, 1.165) is 5.56 Å². The van der Waals surface area contributed by atoms with Crippen molar-refractivity contribution in [2.45, 2.75) is 25.7 Å². The molecule has 20 heavy (non-hydrogen) atoms.